The summed E-state index contributed by atoms with van der Waals surface area (Å²) in [5.74, 6) is 2.11. The zero-order chi connectivity index (χ0) is 26.6. The molecule has 0 aliphatic heterocycles. The van der Waals surface area contributed by atoms with Crippen LogP contribution in [-0.4, -0.2) is 76.3 Å². The lowest BCUT2D eigenvalue weighted by Gasteiger charge is -2.27. The van der Waals surface area contributed by atoms with E-state index in [-0.39, 0.29) is 31.4 Å². The van der Waals surface area contributed by atoms with Gasteiger partial charge in [0.15, 0.2) is 11.5 Å². The Hall–Kier alpha value is -3.98. The van der Waals surface area contributed by atoms with Crippen LogP contribution < -0.4 is 14.2 Å². The molecule has 0 unspecified atom stereocenters. The zero-order valence-corrected chi connectivity index (χ0v) is 21.8. The van der Waals surface area contributed by atoms with E-state index in [1.165, 1.54) is 4.90 Å². The number of nitrogens with zero attached hydrogens (tertiary/aromatic N) is 2. The summed E-state index contributed by atoms with van der Waals surface area (Å²) in [6.45, 7) is 1.19. The lowest BCUT2D eigenvalue weighted by molar-refractivity contribution is -0.132. The Bertz CT molecular complexity index is 1130. The van der Waals surface area contributed by atoms with Crippen molar-refractivity contribution in [1.82, 2.24) is 9.80 Å². The topological polar surface area (TPSA) is 90.7 Å². The molecule has 9 nitrogen and oxygen atoms in total. The summed E-state index contributed by atoms with van der Waals surface area (Å²) in [6.07, 6.45) is 2.15. The van der Waals surface area contributed by atoms with Gasteiger partial charge in [-0.15, -0.1) is 0 Å². The molecule has 0 saturated carbocycles. The van der Waals surface area contributed by atoms with Crippen molar-refractivity contribution in [3.8, 4) is 17.2 Å². The Kier molecular flexibility index (Phi) is 10.4. The summed E-state index contributed by atoms with van der Waals surface area (Å²) >= 11 is 0. The Labute approximate surface area is 217 Å². The van der Waals surface area contributed by atoms with E-state index in [0.717, 1.165) is 5.56 Å². The largest absolute Gasteiger partial charge is 0.497 e. The summed E-state index contributed by atoms with van der Waals surface area (Å²) in [4.78, 5) is 29.9. The van der Waals surface area contributed by atoms with Gasteiger partial charge in [-0.05, 0) is 60.5 Å². The van der Waals surface area contributed by atoms with Gasteiger partial charge in [0.05, 0.1) is 40.7 Å². The molecule has 0 bridgehead atoms. The smallest absolute Gasteiger partial charge is 0.254 e. The molecule has 3 aromatic rings. The number of benzene rings is 2. The molecule has 2 aromatic carbocycles. The molecule has 0 fully saturated rings. The molecular weight excluding hydrogens is 476 g/mol. The quantitative estimate of drug-likeness (QED) is 0.327. The van der Waals surface area contributed by atoms with Crippen molar-refractivity contribution in [2.75, 3.05) is 54.7 Å². The fourth-order valence-corrected chi connectivity index (χ4v) is 3.82. The fourth-order valence-electron chi connectivity index (χ4n) is 3.82. The van der Waals surface area contributed by atoms with Gasteiger partial charge in [0, 0.05) is 25.8 Å². The first-order chi connectivity index (χ1) is 18.0. The number of methoxy groups -OCH3 is 4. The maximum absolute atomic E-state index is 13.5. The van der Waals surface area contributed by atoms with Crippen LogP contribution in [0.3, 0.4) is 0 Å². The van der Waals surface area contributed by atoms with E-state index in [4.69, 9.17) is 23.4 Å². The highest BCUT2D eigenvalue weighted by atomic mass is 16.5. The minimum atomic E-state index is -0.258. The predicted molar refractivity (Wildman–Crippen MR) is 138 cm³/mol. The molecule has 9 heteroatoms. The van der Waals surface area contributed by atoms with E-state index in [0.29, 0.717) is 48.1 Å². The van der Waals surface area contributed by atoms with Gasteiger partial charge in [-0.2, -0.15) is 0 Å². The highest BCUT2D eigenvalue weighted by Crippen LogP contribution is 2.28. The maximum atomic E-state index is 13.5. The summed E-state index contributed by atoms with van der Waals surface area (Å²) in [7, 11) is 6.30. The van der Waals surface area contributed by atoms with Gasteiger partial charge in [0.2, 0.25) is 5.91 Å². The standard InChI is InChI=1S/C28H34N2O7/c1-33-17-15-30(28(32)22-8-10-23(34-2)11-9-22)20-27(31)29(19-24-6-5-16-37-24)14-13-21-7-12-25(35-3)26(18-21)36-4/h5-12,16,18H,13-15,17,19-20H2,1-4H3. The van der Waals surface area contributed by atoms with Crippen LogP contribution in [0.25, 0.3) is 0 Å². The van der Waals surface area contributed by atoms with Gasteiger partial charge >= 0.3 is 0 Å². The first kappa shape index (κ1) is 27.6. The number of hydrogen-bond donors (Lipinski definition) is 0. The summed E-state index contributed by atoms with van der Waals surface area (Å²) in [5, 5.41) is 0. The van der Waals surface area contributed by atoms with E-state index < -0.39 is 0 Å². The normalized spacial score (nSPS) is 10.6. The van der Waals surface area contributed by atoms with Crippen LogP contribution in [0.5, 0.6) is 17.2 Å². The molecule has 0 saturated heterocycles. The Morgan fingerprint density at radius 2 is 1.59 bits per heavy atom. The molecule has 0 radical (unpaired) electrons. The number of amides is 2. The molecule has 1 heterocycles. The molecule has 2 amide bonds. The van der Waals surface area contributed by atoms with Crippen LogP contribution in [-0.2, 0) is 22.5 Å². The molecule has 1 aromatic heterocycles. The zero-order valence-electron chi connectivity index (χ0n) is 21.8. The molecular formula is C28H34N2O7. The SMILES string of the molecule is COCCN(CC(=O)N(CCc1ccc(OC)c(OC)c1)Cc1ccco1)C(=O)c1ccc(OC)cc1. The Morgan fingerprint density at radius 3 is 2.22 bits per heavy atom. The van der Waals surface area contributed by atoms with E-state index >= 15 is 0 Å². The van der Waals surface area contributed by atoms with Crippen molar-refractivity contribution < 1.29 is 33.0 Å². The number of ether oxygens (including phenoxy) is 4. The maximum Gasteiger partial charge on any atom is 0.254 e. The minimum absolute atomic E-state index is 0.0964. The van der Waals surface area contributed by atoms with Crippen molar-refractivity contribution in [3.05, 3.63) is 77.7 Å². The van der Waals surface area contributed by atoms with Gasteiger partial charge < -0.3 is 33.2 Å². The molecule has 0 atom stereocenters. The van der Waals surface area contributed by atoms with Crippen LogP contribution in [0, 0.1) is 0 Å². The second-order valence-corrected chi connectivity index (χ2v) is 8.28. The first-order valence-electron chi connectivity index (χ1n) is 11.9. The molecule has 0 spiro atoms. The molecule has 198 valence electrons. The fraction of sp³-hybridized carbons (Fsp3) is 0.357. The highest BCUT2D eigenvalue weighted by molar-refractivity contribution is 5.96. The third-order valence-corrected chi connectivity index (χ3v) is 5.91. The number of furan rings is 1. The van der Waals surface area contributed by atoms with Crippen LogP contribution >= 0.6 is 0 Å². The second kappa shape index (κ2) is 13.9. The number of carbonyl (C=O) groups is 2. The van der Waals surface area contributed by atoms with Crippen molar-refractivity contribution in [2.24, 2.45) is 0 Å². The van der Waals surface area contributed by atoms with Crippen molar-refractivity contribution in [2.45, 2.75) is 13.0 Å². The average Bonchev–Trinajstić information content (AvgIpc) is 3.45. The van der Waals surface area contributed by atoms with E-state index in [1.54, 1.807) is 69.9 Å². The van der Waals surface area contributed by atoms with Gasteiger partial charge in [-0.3, -0.25) is 9.59 Å². The summed E-state index contributed by atoms with van der Waals surface area (Å²) in [6, 6.07) is 16.1. The van der Waals surface area contributed by atoms with Crippen molar-refractivity contribution in [1.29, 1.82) is 0 Å². The summed E-state index contributed by atoms with van der Waals surface area (Å²) < 4.78 is 26.6. The molecule has 3 rings (SSSR count). The average molecular weight is 511 g/mol. The highest BCUT2D eigenvalue weighted by Gasteiger charge is 2.23. The third kappa shape index (κ3) is 7.75. The van der Waals surface area contributed by atoms with E-state index in [1.807, 2.05) is 24.3 Å². The lowest BCUT2D eigenvalue weighted by Crippen LogP contribution is -2.44. The van der Waals surface area contributed by atoms with E-state index in [9.17, 15) is 9.59 Å². The van der Waals surface area contributed by atoms with Crippen LogP contribution in [0.15, 0.2) is 65.3 Å². The predicted octanol–water partition coefficient (Wildman–Crippen LogP) is 3.67. The van der Waals surface area contributed by atoms with Gasteiger partial charge in [0.1, 0.15) is 18.1 Å². The summed E-state index contributed by atoms with van der Waals surface area (Å²) in [5.41, 5.74) is 1.45. The number of hydrogen-bond acceptors (Lipinski definition) is 7. The second-order valence-electron chi connectivity index (χ2n) is 8.28. The molecule has 37 heavy (non-hydrogen) atoms. The van der Waals surface area contributed by atoms with Gasteiger partial charge in [-0.1, -0.05) is 6.07 Å². The third-order valence-electron chi connectivity index (χ3n) is 5.91. The van der Waals surface area contributed by atoms with Gasteiger partial charge in [0.25, 0.3) is 5.91 Å². The lowest BCUT2D eigenvalue weighted by atomic mass is 10.1. The Morgan fingerprint density at radius 1 is 0.838 bits per heavy atom. The van der Waals surface area contributed by atoms with E-state index in [2.05, 4.69) is 0 Å². The van der Waals surface area contributed by atoms with Gasteiger partial charge in [-0.25, -0.2) is 0 Å². The van der Waals surface area contributed by atoms with Crippen LogP contribution in [0.4, 0.5) is 0 Å². The number of rotatable bonds is 14. The minimum Gasteiger partial charge on any atom is -0.497 e. The molecule has 0 N–H and O–H groups in total. The molecule has 0 aliphatic carbocycles. The van der Waals surface area contributed by atoms with Crippen LogP contribution in [0.2, 0.25) is 0 Å². The Balaban J connectivity index is 1.76. The number of carbonyl (C=O) groups excluding carboxylic acids is 2. The molecule has 0 aliphatic rings. The van der Waals surface area contributed by atoms with Crippen molar-refractivity contribution in [3.63, 3.8) is 0 Å². The van der Waals surface area contributed by atoms with Crippen LogP contribution in [0.1, 0.15) is 21.7 Å². The van der Waals surface area contributed by atoms with Crippen molar-refractivity contribution >= 4 is 11.8 Å². The first-order valence-corrected chi connectivity index (χ1v) is 11.9. The monoisotopic (exact) mass is 510 g/mol.